The van der Waals surface area contributed by atoms with Crippen LogP contribution in [0.25, 0.3) is 0 Å². The van der Waals surface area contributed by atoms with Gasteiger partial charge in [-0.3, -0.25) is 0 Å². The number of carbonyl (C=O) groups is 1. The van der Waals surface area contributed by atoms with Gasteiger partial charge in [0.2, 0.25) is 0 Å². The molecule has 128 valence electrons. The molecule has 0 aliphatic heterocycles. The van der Waals surface area contributed by atoms with Crippen molar-refractivity contribution in [1.29, 1.82) is 0 Å². The van der Waals surface area contributed by atoms with E-state index in [9.17, 15) is 4.79 Å². The minimum Gasteiger partial charge on any atom is -0.378 e. The number of amides is 2. The van der Waals surface area contributed by atoms with Crippen LogP contribution in [0.3, 0.4) is 0 Å². The molecule has 5 heteroatoms. The Morgan fingerprint density at radius 3 is 2.38 bits per heavy atom. The molecule has 2 amide bonds. The van der Waals surface area contributed by atoms with Crippen molar-refractivity contribution < 1.29 is 4.79 Å². The van der Waals surface area contributed by atoms with Crippen LogP contribution in [0.4, 0.5) is 10.5 Å². The second kappa shape index (κ2) is 8.60. The average molecular weight is 346 g/mol. The summed E-state index contributed by atoms with van der Waals surface area (Å²) in [6, 6.07) is 15.8. The monoisotopic (exact) mass is 345 g/mol. The molecule has 24 heavy (non-hydrogen) atoms. The molecule has 0 unspecified atom stereocenters. The molecule has 0 aromatic heterocycles. The molecule has 2 rings (SSSR count). The number of rotatable bonds is 6. The Morgan fingerprint density at radius 2 is 1.75 bits per heavy atom. The van der Waals surface area contributed by atoms with Gasteiger partial charge in [-0.05, 0) is 41.8 Å². The fraction of sp³-hybridized carbons (Fsp3) is 0.316. The van der Waals surface area contributed by atoms with Crippen LogP contribution in [0.2, 0.25) is 5.02 Å². The summed E-state index contributed by atoms with van der Waals surface area (Å²) in [5.74, 6) is 0. The van der Waals surface area contributed by atoms with Crippen LogP contribution in [-0.4, -0.2) is 38.6 Å². The molecule has 0 fully saturated rings. The van der Waals surface area contributed by atoms with E-state index in [4.69, 9.17) is 11.6 Å². The van der Waals surface area contributed by atoms with Crippen LogP contribution in [0.5, 0.6) is 0 Å². The summed E-state index contributed by atoms with van der Waals surface area (Å²) in [5, 5.41) is 3.66. The summed E-state index contributed by atoms with van der Waals surface area (Å²) in [7, 11) is 5.82. The number of benzene rings is 2. The summed E-state index contributed by atoms with van der Waals surface area (Å²) < 4.78 is 0. The van der Waals surface area contributed by atoms with Gasteiger partial charge in [0, 0.05) is 44.9 Å². The van der Waals surface area contributed by atoms with Gasteiger partial charge in [-0.1, -0.05) is 35.9 Å². The van der Waals surface area contributed by atoms with Crippen LogP contribution in [0.1, 0.15) is 11.1 Å². The Balaban J connectivity index is 1.79. The van der Waals surface area contributed by atoms with Gasteiger partial charge in [-0.25, -0.2) is 4.79 Å². The van der Waals surface area contributed by atoms with Gasteiger partial charge in [0.05, 0.1) is 0 Å². The zero-order valence-corrected chi connectivity index (χ0v) is 15.2. The number of nitrogens with zero attached hydrogens (tertiary/aromatic N) is 2. The number of hydrogen-bond donors (Lipinski definition) is 1. The maximum Gasteiger partial charge on any atom is 0.317 e. The van der Waals surface area contributed by atoms with Crippen molar-refractivity contribution in [2.24, 2.45) is 0 Å². The molecular formula is C19H24ClN3O. The molecule has 0 bridgehead atoms. The average Bonchev–Trinajstić information content (AvgIpc) is 2.55. The van der Waals surface area contributed by atoms with Gasteiger partial charge in [0.25, 0.3) is 0 Å². The lowest BCUT2D eigenvalue weighted by Crippen LogP contribution is -2.37. The van der Waals surface area contributed by atoms with Gasteiger partial charge in [0.15, 0.2) is 0 Å². The standard InChI is InChI=1S/C19H24ClN3O/c1-22(2)18-9-7-16(8-10-18)14-23(3)19(24)21-12-11-15-5-4-6-17(20)13-15/h4-10,13H,11-12,14H2,1-3H3,(H,21,24). The lowest BCUT2D eigenvalue weighted by molar-refractivity contribution is 0.207. The van der Waals surface area contributed by atoms with Crippen LogP contribution in [0.15, 0.2) is 48.5 Å². The lowest BCUT2D eigenvalue weighted by atomic mass is 10.1. The Labute approximate surface area is 149 Å². The number of carbonyl (C=O) groups excluding carboxylic acids is 1. The third-order valence-electron chi connectivity index (χ3n) is 3.80. The van der Waals surface area contributed by atoms with E-state index >= 15 is 0 Å². The molecule has 0 atom stereocenters. The zero-order valence-electron chi connectivity index (χ0n) is 14.4. The SMILES string of the molecule is CN(Cc1ccc(N(C)C)cc1)C(=O)NCCc1cccc(Cl)c1. The molecule has 0 radical (unpaired) electrons. The van der Waals surface area contributed by atoms with Gasteiger partial charge in [-0.15, -0.1) is 0 Å². The van der Waals surface area contributed by atoms with Crippen molar-refractivity contribution in [1.82, 2.24) is 10.2 Å². The van der Waals surface area contributed by atoms with Crippen molar-refractivity contribution in [3.63, 3.8) is 0 Å². The van der Waals surface area contributed by atoms with Gasteiger partial charge in [-0.2, -0.15) is 0 Å². The molecule has 2 aromatic rings. The summed E-state index contributed by atoms with van der Waals surface area (Å²) in [6.07, 6.45) is 0.762. The highest BCUT2D eigenvalue weighted by molar-refractivity contribution is 6.30. The van der Waals surface area contributed by atoms with Crippen LogP contribution >= 0.6 is 11.6 Å². The van der Waals surface area contributed by atoms with Crippen molar-refractivity contribution in [2.45, 2.75) is 13.0 Å². The van der Waals surface area contributed by atoms with E-state index in [1.54, 1.807) is 11.9 Å². The largest absolute Gasteiger partial charge is 0.378 e. The molecule has 0 heterocycles. The van der Waals surface area contributed by atoms with Gasteiger partial charge < -0.3 is 15.1 Å². The van der Waals surface area contributed by atoms with E-state index in [1.807, 2.05) is 50.5 Å². The number of halogens is 1. The molecule has 4 nitrogen and oxygen atoms in total. The quantitative estimate of drug-likeness (QED) is 0.864. The molecule has 0 spiro atoms. The highest BCUT2D eigenvalue weighted by Crippen LogP contribution is 2.13. The van der Waals surface area contributed by atoms with Crippen LogP contribution in [-0.2, 0) is 13.0 Å². The molecule has 2 aromatic carbocycles. The molecule has 0 aliphatic carbocycles. The van der Waals surface area contributed by atoms with E-state index < -0.39 is 0 Å². The second-order valence-corrected chi connectivity index (χ2v) is 6.47. The first-order valence-electron chi connectivity index (χ1n) is 7.95. The van der Waals surface area contributed by atoms with Crippen molar-refractivity contribution in [2.75, 3.05) is 32.6 Å². The number of hydrogen-bond acceptors (Lipinski definition) is 2. The summed E-state index contributed by atoms with van der Waals surface area (Å²) in [6.45, 7) is 1.17. The van der Waals surface area contributed by atoms with E-state index in [2.05, 4.69) is 22.3 Å². The number of urea groups is 1. The lowest BCUT2D eigenvalue weighted by Gasteiger charge is -2.19. The molecule has 0 saturated heterocycles. The smallest absolute Gasteiger partial charge is 0.317 e. The van der Waals surface area contributed by atoms with Crippen molar-refractivity contribution >= 4 is 23.3 Å². The first-order valence-corrected chi connectivity index (χ1v) is 8.33. The molecule has 1 N–H and O–H groups in total. The van der Waals surface area contributed by atoms with E-state index in [0.717, 1.165) is 28.3 Å². The summed E-state index contributed by atoms with van der Waals surface area (Å²) >= 11 is 5.96. The van der Waals surface area contributed by atoms with Crippen molar-refractivity contribution in [3.8, 4) is 0 Å². The summed E-state index contributed by atoms with van der Waals surface area (Å²) in [5.41, 5.74) is 3.37. The highest BCUT2D eigenvalue weighted by atomic mass is 35.5. The normalized spacial score (nSPS) is 10.3. The highest BCUT2D eigenvalue weighted by Gasteiger charge is 2.08. The molecular weight excluding hydrogens is 322 g/mol. The van der Waals surface area contributed by atoms with E-state index in [-0.39, 0.29) is 6.03 Å². The van der Waals surface area contributed by atoms with Crippen LogP contribution < -0.4 is 10.2 Å². The fourth-order valence-electron chi connectivity index (χ4n) is 2.39. The Kier molecular flexibility index (Phi) is 6.50. The molecule has 0 saturated carbocycles. The molecule has 0 aliphatic rings. The third-order valence-corrected chi connectivity index (χ3v) is 4.03. The predicted molar refractivity (Wildman–Crippen MR) is 101 cm³/mol. The fourth-order valence-corrected chi connectivity index (χ4v) is 2.60. The van der Waals surface area contributed by atoms with E-state index in [0.29, 0.717) is 13.1 Å². The van der Waals surface area contributed by atoms with E-state index in [1.165, 1.54) is 0 Å². The Bertz CT molecular complexity index is 671. The maximum atomic E-state index is 12.2. The minimum absolute atomic E-state index is 0.0753. The number of anilines is 1. The topological polar surface area (TPSA) is 35.6 Å². The van der Waals surface area contributed by atoms with Gasteiger partial charge in [0.1, 0.15) is 0 Å². The maximum absolute atomic E-state index is 12.2. The van der Waals surface area contributed by atoms with Crippen molar-refractivity contribution in [3.05, 3.63) is 64.7 Å². The zero-order chi connectivity index (χ0) is 17.5. The van der Waals surface area contributed by atoms with Crippen LogP contribution in [0, 0.1) is 0 Å². The minimum atomic E-state index is -0.0753. The first kappa shape index (κ1) is 18.1. The Morgan fingerprint density at radius 1 is 1.04 bits per heavy atom. The first-order chi connectivity index (χ1) is 11.5. The predicted octanol–water partition coefficient (Wildman–Crippen LogP) is 3.79. The third kappa shape index (κ3) is 5.46. The second-order valence-electron chi connectivity index (χ2n) is 6.03. The summed E-state index contributed by atoms with van der Waals surface area (Å²) in [4.78, 5) is 15.9. The van der Waals surface area contributed by atoms with Gasteiger partial charge >= 0.3 is 6.03 Å². The Hall–Kier alpha value is -2.20. The number of nitrogens with one attached hydrogen (secondary N) is 1.